The Morgan fingerprint density at radius 3 is 2.42 bits per heavy atom. The maximum absolute atomic E-state index is 14.2. The fourth-order valence-corrected chi connectivity index (χ4v) is 6.46. The van der Waals surface area contributed by atoms with Gasteiger partial charge in [-0.15, -0.1) is 0 Å². The number of anilines is 1. The lowest BCUT2D eigenvalue weighted by Gasteiger charge is -2.48. The maximum Gasteiger partial charge on any atom is 0.303 e. The Balaban J connectivity index is 1.44. The maximum atomic E-state index is 14.2. The van der Waals surface area contributed by atoms with Gasteiger partial charge >= 0.3 is 5.97 Å². The Morgan fingerprint density at radius 1 is 0.861 bits per heavy atom. The SMILES string of the molecule is O=C(O)CCC(=O)N(C1CC1)[C@H]1c2ccccc2N(C(=O)c2cccc3ccccc23)[C@@H]2CCC[C@@H]21. The van der Waals surface area contributed by atoms with E-state index in [-0.39, 0.29) is 48.7 Å². The molecule has 36 heavy (non-hydrogen) atoms. The zero-order valence-electron chi connectivity index (χ0n) is 20.2. The van der Waals surface area contributed by atoms with Crippen LogP contribution in [-0.2, 0) is 9.59 Å². The normalized spacial score (nSPS) is 22.7. The number of carboxylic acids is 1. The average molecular weight is 483 g/mol. The largest absolute Gasteiger partial charge is 0.481 e. The van der Waals surface area contributed by atoms with Crippen molar-refractivity contribution in [2.45, 2.75) is 63.1 Å². The second kappa shape index (κ2) is 9.08. The molecule has 2 aliphatic carbocycles. The fraction of sp³-hybridized carbons (Fsp3) is 0.367. The third kappa shape index (κ3) is 3.85. The lowest BCUT2D eigenvalue weighted by molar-refractivity contribution is -0.142. The van der Waals surface area contributed by atoms with Gasteiger partial charge in [-0.05, 0) is 54.2 Å². The molecule has 0 bridgehead atoms. The second-order valence-electron chi connectivity index (χ2n) is 10.3. The molecule has 2 fully saturated rings. The van der Waals surface area contributed by atoms with Gasteiger partial charge in [0, 0.05) is 35.7 Å². The molecule has 3 aromatic carbocycles. The minimum atomic E-state index is -0.950. The Kier molecular flexibility index (Phi) is 5.75. The third-order valence-corrected chi connectivity index (χ3v) is 8.10. The molecular weight excluding hydrogens is 452 g/mol. The van der Waals surface area contributed by atoms with Gasteiger partial charge in [-0.2, -0.15) is 0 Å². The van der Waals surface area contributed by atoms with Crippen LogP contribution in [0.25, 0.3) is 10.8 Å². The van der Waals surface area contributed by atoms with Crippen LogP contribution in [0.3, 0.4) is 0 Å². The number of rotatable bonds is 6. The van der Waals surface area contributed by atoms with Gasteiger partial charge in [-0.1, -0.05) is 61.0 Å². The van der Waals surface area contributed by atoms with Crippen LogP contribution in [0.2, 0.25) is 0 Å². The van der Waals surface area contributed by atoms with Gasteiger partial charge in [0.2, 0.25) is 5.91 Å². The zero-order valence-corrected chi connectivity index (χ0v) is 20.2. The van der Waals surface area contributed by atoms with Crippen molar-refractivity contribution in [3.63, 3.8) is 0 Å². The molecule has 6 rings (SSSR count). The van der Waals surface area contributed by atoms with Crippen LogP contribution in [0, 0.1) is 5.92 Å². The van der Waals surface area contributed by atoms with E-state index in [1.807, 2.05) is 70.5 Å². The summed E-state index contributed by atoms with van der Waals surface area (Å²) in [5.41, 5.74) is 2.58. The van der Waals surface area contributed by atoms with Gasteiger partial charge in [0.25, 0.3) is 5.91 Å². The van der Waals surface area contributed by atoms with Gasteiger partial charge in [0.1, 0.15) is 0 Å². The first kappa shape index (κ1) is 22.8. The Morgan fingerprint density at radius 2 is 1.61 bits per heavy atom. The van der Waals surface area contributed by atoms with E-state index < -0.39 is 5.97 Å². The number of carboxylic acid groups (broad SMARTS) is 1. The first-order chi connectivity index (χ1) is 17.5. The zero-order chi connectivity index (χ0) is 24.8. The highest BCUT2D eigenvalue weighted by atomic mass is 16.4. The molecule has 0 aromatic heterocycles. The van der Waals surface area contributed by atoms with E-state index in [0.717, 1.165) is 54.1 Å². The number of para-hydroxylation sites is 1. The van der Waals surface area contributed by atoms with Gasteiger partial charge in [-0.25, -0.2) is 0 Å². The van der Waals surface area contributed by atoms with Crippen LogP contribution in [0.15, 0.2) is 66.7 Å². The van der Waals surface area contributed by atoms with Gasteiger partial charge in [0.15, 0.2) is 0 Å². The molecule has 2 amide bonds. The van der Waals surface area contributed by atoms with Crippen LogP contribution in [0.5, 0.6) is 0 Å². The first-order valence-electron chi connectivity index (χ1n) is 13.0. The van der Waals surface area contributed by atoms with Crippen molar-refractivity contribution < 1.29 is 19.5 Å². The molecule has 6 nitrogen and oxygen atoms in total. The van der Waals surface area contributed by atoms with E-state index in [9.17, 15) is 19.5 Å². The third-order valence-electron chi connectivity index (χ3n) is 8.10. The van der Waals surface area contributed by atoms with E-state index in [4.69, 9.17) is 0 Å². The number of nitrogens with zero attached hydrogens (tertiary/aromatic N) is 2. The van der Waals surface area contributed by atoms with Crippen molar-refractivity contribution in [2.75, 3.05) is 4.90 Å². The standard InChI is InChI=1S/C30H30N2O4/c33-27(17-18-28(34)35)31(20-15-16-20)29-23-10-3-4-13-25(23)32(26-14-6-12-24(26)29)30(36)22-11-5-8-19-7-1-2-9-21(19)22/h1-5,7-11,13,20,24,26,29H,6,12,14-18H2,(H,34,35)/t24-,26+,29-/m0/s1. The van der Waals surface area contributed by atoms with E-state index >= 15 is 0 Å². The molecule has 0 unspecified atom stereocenters. The van der Waals surface area contributed by atoms with E-state index in [1.165, 1.54) is 0 Å². The topological polar surface area (TPSA) is 77.9 Å². The van der Waals surface area contributed by atoms with Crippen molar-refractivity contribution in [2.24, 2.45) is 5.92 Å². The average Bonchev–Trinajstić information content (AvgIpc) is 3.62. The molecule has 184 valence electrons. The Hall–Kier alpha value is -3.67. The molecule has 0 spiro atoms. The minimum absolute atomic E-state index is 0.00442. The summed E-state index contributed by atoms with van der Waals surface area (Å²) in [5.74, 6) is -0.897. The lowest BCUT2D eigenvalue weighted by atomic mass is 9.81. The van der Waals surface area contributed by atoms with Gasteiger partial charge < -0.3 is 14.9 Å². The molecule has 0 radical (unpaired) electrons. The minimum Gasteiger partial charge on any atom is -0.481 e. The predicted molar refractivity (Wildman–Crippen MR) is 138 cm³/mol. The highest BCUT2D eigenvalue weighted by Gasteiger charge is 2.51. The van der Waals surface area contributed by atoms with E-state index in [0.29, 0.717) is 5.56 Å². The van der Waals surface area contributed by atoms with Crippen molar-refractivity contribution in [3.05, 3.63) is 77.9 Å². The molecule has 1 N–H and O–H groups in total. The number of hydrogen-bond acceptors (Lipinski definition) is 3. The summed E-state index contributed by atoms with van der Waals surface area (Å²) in [6.07, 6.45) is 4.60. The number of amides is 2. The number of benzene rings is 3. The summed E-state index contributed by atoms with van der Waals surface area (Å²) in [4.78, 5) is 42.8. The van der Waals surface area contributed by atoms with E-state index in [1.54, 1.807) is 0 Å². The molecule has 3 aromatic rings. The Labute approximate surface area is 210 Å². The summed E-state index contributed by atoms with van der Waals surface area (Å²) in [5, 5.41) is 11.2. The molecule has 6 heteroatoms. The van der Waals surface area contributed by atoms with Crippen LogP contribution in [0.1, 0.15) is 66.9 Å². The highest BCUT2D eigenvalue weighted by molar-refractivity contribution is 6.15. The number of fused-ring (bicyclic) bond motifs is 3. The molecule has 0 saturated heterocycles. The molecule has 2 saturated carbocycles. The van der Waals surface area contributed by atoms with Gasteiger partial charge in [-0.3, -0.25) is 14.4 Å². The number of aliphatic carboxylic acids is 1. The highest BCUT2D eigenvalue weighted by Crippen LogP contribution is 2.53. The molecule has 1 aliphatic heterocycles. The van der Waals surface area contributed by atoms with Crippen molar-refractivity contribution >= 4 is 34.2 Å². The summed E-state index contributed by atoms with van der Waals surface area (Å²) >= 11 is 0. The van der Waals surface area contributed by atoms with Crippen LogP contribution < -0.4 is 4.90 Å². The molecule has 3 aliphatic rings. The summed E-state index contributed by atoms with van der Waals surface area (Å²) < 4.78 is 0. The molecular formula is C30H30N2O4. The van der Waals surface area contributed by atoms with E-state index in [2.05, 4.69) is 6.07 Å². The fourth-order valence-electron chi connectivity index (χ4n) is 6.46. The number of hydrogen-bond donors (Lipinski definition) is 1. The molecule has 1 heterocycles. The number of carbonyl (C=O) groups is 3. The first-order valence-corrected chi connectivity index (χ1v) is 13.0. The predicted octanol–water partition coefficient (Wildman–Crippen LogP) is 5.57. The number of carbonyl (C=O) groups excluding carboxylic acids is 2. The monoisotopic (exact) mass is 482 g/mol. The smallest absolute Gasteiger partial charge is 0.303 e. The quantitative estimate of drug-likeness (QED) is 0.499. The summed E-state index contributed by atoms with van der Waals surface area (Å²) in [7, 11) is 0. The van der Waals surface area contributed by atoms with Crippen LogP contribution >= 0.6 is 0 Å². The van der Waals surface area contributed by atoms with Crippen molar-refractivity contribution in [1.29, 1.82) is 0 Å². The Bertz CT molecular complexity index is 1340. The van der Waals surface area contributed by atoms with Crippen LogP contribution in [-0.4, -0.2) is 39.9 Å². The van der Waals surface area contributed by atoms with Crippen molar-refractivity contribution in [3.8, 4) is 0 Å². The molecule has 3 atom stereocenters. The lowest BCUT2D eigenvalue weighted by Crippen LogP contribution is -2.53. The summed E-state index contributed by atoms with van der Waals surface area (Å²) in [6, 6.07) is 21.9. The summed E-state index contributed by atoms with van der Waals surface area (Å²) in [6.45, 7) is 0. The van der Waals surface area contributed by atoms with Crippen LogP contribution in [0.4, 0.5) is 5.69 Å². The van der Waals surface area contributed by atoms with Gasteiger partial charge in [0.05, 0.1) is 12.5 Å². The van der Waals surface area contributed by atoms with Crippen molar-refractivity contribution in [1.82, 2.24) is 4.90 Å². The second-order valence-corrected chi connectivity index (χ2v) is 10.3.